The van der Waals surface area contributed by atoms with Crippen LogP contribution in [0.3, 0.4) is 0 Å². The summed E-state index contributed by atoms with van der Waals surface area (Å²) >= 11 is 1.74. The minimum atomic E-state index is -0.0965. The third-order valence-electron chi connectivity index (χ3n) is 5.69. The summed E-state index contributed by atoms with van der Waals surface area (Å²) < 4.78 is 10.8. The first kappa shape index (κ1) is 21.3. The van der Waals surface area contributed by atoms with Crippen molar-refractivity contribution in [2.24, 2.45) is 0 Å². The molecule has 5 rings (SSSR count). The van der Waals surface area contributed by atoms with Gasteiger partial charge in [0.1, 0.15) is 12.2 Å². The van der Waals surface area contributed by atoms with Gasteiger partial charge in [-0.3, -0.25) is 9.69 Å². The van der Waals surface area contributed by atoms with Crippen LogP contribution in [0.4, 0.5) is 0 Å². The molecule has 33 heavy (non-hydrogen) atoms. The molecule has 4 heterocycles. The largest absolute Gasteiger partial charge is 0.493 e. The third-order valence-corrected chi connectivity index (χ3v) is 6.81. The standard InChI is InChI=1S/C24H23N5O3S/c1-31-20-5-3-15(9-21(20)32-2)22-6-4-17(33-22)12-29-8-7-19-18(13-29)24(30)28-23(27-19)16-10-25-14-26-11-16/h3-6,9-11,14H,7-8,12-13H2,1-2H3,(H,27,28,30). The number of H-pyrrole nitrogens is 1. The van der Waals surface area contributed by atoms with Crippen molar-refractivity contribution in [3.8, 4) is 33.3 Å². The molecule has 1 aliphatic rings. The number of benzene rings is 1. The predicted molar refractivity (Wildman–Crippen MR) is 127 cm³/mol. The highest BCUT2D eigenvalue weighted by Crippen LogP contribution is 2.35. The molecule has 0 radical (unpaired) electrons. The molecule has 4 aromatic rings. The predicted octanol–water partition coefficient (Wildman–Crippen LogP) is 3.53. The Bertz CT molecular complexity index is 1340. The minimum absolute atomic E-state index is 0.0965. The van der Waals surface area contributed by atoms with E-state index in [-0.39, 0.29) is 5.56 Å². The van der Waals surface area contributed by atoms with Crippen molar-refractivity contribution >= 4 is 11.3 Å². The molecule has 1 N–H and O–H groups in total. The van der Waals surface area contributed by atoms with E-state index in [0.717, 1.165) is 41.2 Å². The van der Waals surface area contributed by atoms with Crippen LogP contribution in [0.1, 0.15) is 16.1 Å². The summed E-state index contributed by atoms with van der Waals surface area (Å²) in [6.45, 7) is 2.20. The molecular weight excluding hydrogens is 438 g/mol. The summed E-state index contributed by atoms with van der Waals surface area (Å²) in [5, 5.41) is 0. The van der Waals surface area contributed by atoms with Crippen LogP contribution in [-0.4, -0.2) is 45.6 Å². The summed E-state index contributed by atoms with van der Waals surface area (Å²) in [7, 11) is 3.28. The monoisotopic (exact) mass is 461 g/mol. The number of methoxy groups -OCH3 is 2. The van der Waals surface area contributed by atoms with E-state index in [1.807, 2.05) is 18.2 Å². The van der Waals surface area contributed by atoms with Crippen molar-refractivity contribution in [2.75, 3.05) is 20.8 Å². The number of aromatic nitrogens is 4. The molecule has 0 saturated heterocycles. The molecule has 0 fully saturated rings. The quantitative estimate of drug-likeness (QED) is 0.469. The molecule has 168 valence electrons. The Hall–Kier alpha value is -3.56. The van der Waals surface area contributed by atoms with Crippen molar-refractivity contribution in [1.82, 2.24) is 24.8 Å². The van der Waals surface area contributed by atoms with Gasteiger partial charge in [-0.2, -0.15) is 0 Å². The average Bonchev–Trinajstić information content (AvgIpc) is 3.33. The maximum Gasteiger partial charge on any atom is 0.255 e. The highest BCUT2D eigenvalue weighted by atomic mass is 32.1. The molecule has 0 bridgehead atoms. The van der Waals surface area contributed by atoms with Crippen molar-refractivity contribution in [3.63, 3.8) is 0 Å². The lowest BCUT2D eigenvalue weighted by molar-refractivity contribution is 0.244. The highest BCUT2D eigenvalue weighted by Gasteiger charge is 2.22. The number of thiophene rings is 1. The van der Waals surface area contributed by atoms with Gasteiger partial charge in [0.2, 0.25) is 0 Å². The molecule has 3 aromatic heterocycles. The van der Waals surface area contributed by atoms with Gasteiger partial charge in [-0.1, -0.05) is 0 Å². The van der Waals surface area contributed by atoms with E-state index in [9.17, 15) is 4.79 Å². The van der Waals surface area contributed by atoms with Crippen molar-refractivity contribution in [2.45, 2.75) is 19.5 Å². The molecule has 0 amide bonds. The zero-order valence-corrected chi connectivity index (χ0v) is 19.2. The van der Waals surface area contributed by atoms with E-state index < -0.39 is 0 Å². The summed E-state index contributed by atoms with van der Waals surface area (Å²) in [6, 6.07) is 10.2. The topological polar surface area (TPSA) is 93.2 Å². The van der Waals surface area contributed by atoms with Crippen LogP contribution in [0.2, 0.25) is 0 Å². The number of hydrogen-bond acceptors (Lipinski definition) is 8. The second kappa shape index (κ2) is 9.13. The van der Waals surface area contributed by atoms with Crippen molar-refractivity contribution < 1.29 is 9.47 Å². The molecule has 0 saturated carbocycles. The Kier molecular flexibility index (Phi) is 5.89. The number of nitrogens with one attached hydrogen (secondary N) is 1. The highest BCUT2D eigenvalue weighted by molar-refractivity contribution is 7.15. The zero-order chi connectivity index (χ0) is 22.8. The fourth-order valence-corrected chi connectivity index (χ4v) is 5.05. The second-order valence-corrected chi connectivity index (χ2v) is 8.93. The van der Waals surface area contributed by atoms with Gasteiger partial charge < -0.3 is 14.5 Å². The molecule has 9 heteroatoms. The Labute approximate surface area is 194 Å². The summed E-state index contributed by atoms with van der Waals surface area (Å²) in [4.78, 5) is 33.1. The van der Waals surface area contributed by atoms with E-state index in [4.69, 9.17) is 9.47 Å². The van der Waals surface area contributed by atoms with Crippen LogP contribution < -0.4 is 15.0 Å². The Morgan fingerprint density at radius 3 is 2.67 bits per heavy atom. The van der Waals surface area contributed by atoms with Gasteiger partial charge in [0.25, 0.3) is 5.56 Å². The number of ether oxygens (including phenoxy) is 2. The van der Waals surface area contributed by atoms with E-state index in [1.165, 1.54) is 11.2 Å². The normalized spacial score (nSPS) is 13.5. The first-order valence-corrected chi connectivity index (χ1v) is 11.4. The number of rotatable bonds is 6. The van der Waals surface area contributed by atoms with E-state index in [2.05, 4.69) is 37.0 Å². The molecule has 0 unspecified atom stereocenters. The lowest BCUT2D eigenvalue weighted by Gasteiger charge is -2.27. The lowest BCUT2D eigenvalue weighted by atomic mass is 10.1. The Balaban J connectivity index is 1.32. The average molecular weight is 462 g/mol. The maximum atomic E-state index is 12.8. The number of nitrogens with zero attached hydrogens (tertiary/aromatic N) is 4. The van der Waals surface area contributed by atoms with Crippen LogP contribution in [0, 0.1) is 0 Å². The number of aromatic amines is 1. The number of hydrogen-bond donors (Lipinski definition) is 1. The minimum Gasteiger partial charge on any atom is -0.493 e. The molecule has 8 nitrogen and oxygen atoms in total. The van der Waals surface area contributed by atoms with E-state index in [1.54, 1.807) is 38.0 Å². The fourth-order valence-electron chi connectivity index (χ4n) is 4.00. The second-order valence-electron chi connectivity index (χ2n) is 7.76. The van der Waals surface area contributed by atoms with Gasteiger partial charge >= 0.3 is 0 Å². The van der Waals surface area contributed by atoms with Gasteiger partial charge in [-0.15, -0.1) is 11.3 Å². The molecular formula is C24H23N5O3S. The third kappa shape index (κ3) is 4.37. The van der Waals surface area contributed by atoms with E-state index in [0.29, 0.717) is 29.4 Å². The van der Waals surface area contributed by atoms with Gasteiger partial charge in [-0.25, -0.2) is 15.0 Å². The van der Waals surface area contributed by atoms with Gasteiger partial charge in [0, 0.05) is 48.2 Å². The maximum absolute atomic E-state index is 12.8. The van der Waals surface area contributed by atoms with Crippen LogP contribution in [-0.2, 0) is 19.5 Å². The van der Waals surface area contributed by atoms with Crippen LogP contribution in [0.25, 0.3) is 21.8 Å². The number of fused-ring (bicyclic) bond motifs is 1. The zero-order valence-electron chi connectivity index (χ0n) is 18.4. The smallest absolute Gasteiger partial charge is 0.255 e. The van der Waals surface area contributed by atoms with Crippen molar-refractivity contribution in [1.29, 1.82) is 0 Å². The van der Waals surface area contributed by atoms with Crippen LogP contribution in [0.15, 0.2) is 53.8 Å². The lowest BCUT2D eigenvalue weighted by Crippen LogP contribution is -2.35. The van der Waals surface area contributed by atoms with Crippen LogP contribution >= 0.6 is 11.3 Å². The SMILES string of the molecule is COc1ccc(-c2ccc(CN3CCc4nc(-c5cncnc5)[nH]c(=O)c4C3)s2)cc1OC. The van der Waals surface area contributed by atoms with Gasteiger partial charge in [0.05, 0.1) is 31.0 Å². The molecule has 0 atom stereocenters. The summed E-state index contributed by atoms with van der Waals surface area (Å²) in [5.41, 5.74) is 3.29. The van der Waals surface area contributed by atoms with E-state index >= 15 is 0 Å². The van der Waals surface area contributed by atoms with Gasteiger partial charge in [0.15, 0.2) is 11.5 Å². The summed E-state index contributed by atoms with van der Waals surface area (Å²) in [6.07, 6.45) is 5.49. The first-order chi connectivity index (χ1) is 16.1. The molecule has 0 spiro atoms. The Morgan fingerprint density at radius 2 is 1.88 bits per heavy atom. The van der Waals surface area contributed by atoms with Gasteiger partial charge in [-0.05, 0) is 35.9 Å². The molecule has 1 aromatic carbocycles. The Morgan fingerprint density at radius 1 is 1.06 bits per heavy atom. The molecule has 0 aliphatic carbocycles. The molecule has 1 aliphatic heterocycles. The van der Waals surface area contributed by atoms with Crippen LogP contribution in [0.5, 0.6) is 11.5 Å². The fraction of sp³-hybridized carbons (Fsp3) is 0.250. The van der Waals surface area contributed by atoms with Crippen molar-refractivity contribution in [3.05, 3.63) is 75.5 Å². The first-order valence-electron chi connectivity index (χ1n) is 10.6. The summed E-state index contributed by atoms with van der Waals surface area (Å²) in [5.74, 6) is 1.95.